The van der Waals surface area contributed by atoms with Gasteiger partial charge in [0.05, 0.1) is 17.0 Å². The molecule has 0 fully saturated rings. The van der Waals surface area contributed by atoms with Gasteiger partial charge < -0.3 is 5.32 Å². The fourth-order valence-corrected chi connectivity index (χ4v) is 2.90. The minimum absolute atomic E-state index is 0.0272. The number of aromatic nitrogens is 1. The van der Waals surface area contributed by atoms with Gasteiger partial charge in [0.15, 0.2) is 10.9 Å². The predicted octanol–water partition coefficient (Wildman–Crippen LogP) is 3.40. The fourth-order valence-electron chi connectivity index (χ4n) is 2.02. The maximum absolute atomic E-state index is 12.0. The van der Waals surface area contributed by atoms with Crippen LogP contribution in [-0.2, 0) is 17.6 Å². The van der Waals surface area contributed by atoms with Crippen molar-refractivity contribution in [3.63, 3.8) is 0 Å². The number of anilines is 1. The van der Waals surface area contributed by atoms with Crippen molar-refractivity contribution in [2.24, 2.45) is 0 Å². The van der Waals surface area contributed by atoms with Gasteiger partial charge in [-0.15, -0.1) is 0 Å². The molecule has 2 aromatic rings. The monoisotopic (exact) mass is 302 g/mol. The maximum Gasteiger partial charge on any atom is 0.230 e. The molecule has 1 amide bonds. The van der Waals surface area contributed by atoms with Gasteiger partial charge in [0, 0.05) is 6.92 Å². The van der Waals surface area contributed by atoms with Gasteiger partial charge in [-0.3, -0.25) is 9.59 Å². The molecule has 4 nitrogen and oxygen atoms in total. The smallest absolute Gasteiger partial charge is 0.230 e. The number of hydrogen-bond donors (Lipinski definition) is 1. The van der Waals surface area contributed by atoms with Crippen molar-refractivity contribution in [2.75, 3.05) is 5.32 Å². The summed E-state index contributed by atoms with van der Waals surface area (Å²) in [5, 5.41) is 3.23. The summed E-state index contributed by atoms with van der Waals surface area (Å²) in [7, 11) is 0. The van der Waals surface area contributed by atoms with Crippen molar-refractivity contribution >= 4 is 28.2 Å². The first-order valence-corrected chi connectivity index (χ1v) is 7.67. The number of aryl methyl sites for hydroxylation is 2. The standard InChI is InChI=1S/C16H18N2O2S/c1-4-12-5-7-13(8-6-12)9-14(20)18-16-17-10(2)15(21-16)11(3)19/h5-8H,4,9H2,1-3H3,(H,17,18,20). The zero-order valence-corrected chi connectivity index (χ0v) is 13.2. The van der Waals surface area contributed by atoms with Crippen LogP contribution in [0.1, 0.15) is 40.3 Å². The summed E-state index contributed by atoms with van der Waals surface area (Å²) in [5.74, 6) is -0.149. The minimum Gasteiger partial charge on any atom is -0.302 e. The Labute approximate surface area is 128 Å². The predicted molar refractivity (Wildman–Crippen MR) is 85.0 cm³/mol. The lowest BCUT2D eigenvalue weighted by atomic mass is 10.1. The summed E-state index contributed by atoms with van der Waals surface area (Å²) in [4.78, 5) is 28.2. The first-order valence-electron chi connectivity index (χ1n) is 6.85. The molecule has 1 aromatic heterocycles. The molecule has 0 atom stereocenters. The largest absolute Gasteiger partial charge is 0.302 e. The summed E-state index contributed by atoms with van der Waals surface area (Å²) >= 11 is 1.22. The van der Waals surface area contributed by atoms with Gasteiger partial charge in [0.25, 0.3) is 0 Å². The van der Waals surface area contributed by atoms with Crippen LogP contribution < -0.4 is 5.32 Å². The third-order valence-electron chi connectivity index (χ3n) is 3.16. The SMILES string of the molecule is CCc1ccc(CC(=O)Nc2nc(C)c(C(C)=O)s2)cc1. The summed E-state index contributed by atoms with van der Waals surface area (Å²) < 4.78 is 0. The molecule has 110 valence electrons. The number of Topliss-reactive ketones (excluding diaryl/α,β-unsaturated/α-hetero) is 1. The summed E-state index contributed by atoms with van der Waals surface area (Å²) in [6.07, 6.45) is 1.29. The van der Waals surface area contributed by atoms with E-state index < -0.39 is 0 Å². The van der Waals surface area contributed by atoms with E-state index in [0.717, 1.165) is 12.0 Å². The van der Waals surface area contributed by atoms with Gasteiger partial charge >= 0.3 is 0 Å². The number of nitrogens with one attached hydrogen (secondary N) is 1. The zero-order valence-electron chi connectivity index (χ0n) is 12.4. The number of thiazole rings is 1. The number of amides is 1. The molecule has 0 saturated heterocycles. The Morgan fingerprint density at radius 2 is 1.81 bits per heavy atom. The van der Waals surface area contributed by atoms with Gasteiger partial charge in [-0.25, -0.2) is 4.98 Å². The zero-order chi connectivity index (χ0) is 15.4. The number of ketones is 1. The first-order chi connectivity index (χ1) is 9.99. The van der Waals surface area contributed by atoms with Crippen molar-refractivity contribution in [3.8, 4) is 0 Å². The summed E-state index contributed by atoms with van der Waals surface area (Å²) in [6, 6.07) is 7.99. The van der Waals surface area contributed by atoms with Gasteiger partial charge in [-0.2, -0.15) is 0 Å². The second-order valence-electron chi connectivity index (χ2n) is 4.88. The van der Waals surface area contributed by atoms with Crippen molar-refractivity contribution in [1.82, 2.24) is 4.98 Å². The van der Waals surface area contributed by atoms with Crippen molar-refractivity contribution in [1.29, 1.82) is 0 Å². The molecule has 5 heteroatoms. The van der Waals surface area contributed by atoms with Crippen LogP contribution in [0.15, 0.2) is 24.3 Å². The highest BCUT2D eigenvalue weighted by Crippen LogP contribution is 2.23. The third kappa shape index (κ3) is 3.98. The molecule has 1 N–H and O–H groups in total. The number of benzene rings is 1. The molecular weight excluding hydrogens is 284 g/mol. The van der Waals surface area contributed by atoms with Crippen LogP contribution in [0.2, 0.25) is 0 Å². The van der Waals surface area contributed by atoms with Crippen LogP contribution >= 0.6 is 11.3 Å². The normalized spacial score (nSPS) is 10.4. The van der Waals surface area contributed by atoms with Gasteiger partial charge in [-0.1, -0.05) is 42.5 Å². The molecule has 21 heavy (non-hydrogen) atoms. The number of hydrogen-bond acceptors (Lipinski definition) is 4. The average molecular weight is 302 g/mol. The molecule has 0 aliphatic rings. The topological polar surface area (TPSA) is 59.1 Å². The molecular formula is C16H18N2O2S. The molecule has 0 radical (unpaired) electrons. The van der Waals surface area contributed by atoms with Crippen LogP contribution in [0.25, 0.3) is 0 Å². The number of nitrogens with zero attached hydrogens (tertiary/aromatic N) is 1. The molecule has 0 aliphatic heterocycles. The lowest BCUT2D eigenvalue weighted by Gasteiger charge is -2.03. The Morgan fingerprint density at radius 1 is 1.19 bits per heavy atom. The third-order valence-corrected chi connectivity index (χ3v) is 4.33. The molecule has 0 unspecified atom stereocenters. The molecule has 0 spiro atoms. The number of rotatable bonds is 5. The van der Waals surface area contributed by atoms with Gasteiger partial charge in [0.1, 0.15) is 0 Å². The maximum atomic E-state index is 12.0. The molecule has 0 saturated carbocycles. The minimum atomic E-state index is -0.122. The Hall–Kier alpha value is -2.01. The number of carbonyl (C=O) groups excluding carboxylic acids is 2. The average Bonchev–Trinajstić information content (AvgIpc) is 2.80. The van der Waals surface area contributed by atoms with E-state index in [2.05, 4.69) is 17.2 Å². The highest BCUT2D eigenvalue weighted by molar-refractivity contribution is 7.17. The van der Waals surface area contributed by atoms with E-state index in [1.165, 1.54) is 23.8 Å². The summed E-state index contributed by atoms with van der Waals surface area (Å²) in [5.41, 5.74) is 2.88. The van der Waals surface area contributed by atoms with Crippen molar-refractivity contribution in [2.45, 2.75) is 33.6 Å². The molecule has 0 aliphatic carbocycles. The second kappa shape index (κ2) is 6.63. The highest BCUT2D eigenvalue weighted by Gasteiger charge is 2.13. The quantitative estimate of drug-likeness (QED) is 0.861. The Kier molecular flexibility index (Phi) is 4.85. The van der Waals surface area contributed by atoms with E-state index in [9.17, 15) is 9.59 Å². The van der Waals surface area contributed by atoms with Crippen LogP contribution in [0, 0.1) is 6.92 Å². The van der Waals surface area contributed by atoms with E-state index in [-0.39, 0.29) is 11.7 Å². The lowest BCUT2D eigenvalue weighted by Crippen LogP contribution is -2.14. The molecule has 1 aromatic carbocycles. The Morgan fingerprint density at radius 3 is 2.33 bits per heavy atom. The summed E-state index contributed by atoms with van der Waals surface area (Å²) in [6.45, 7) is 5.37. The van der Waals surface area contributed by atoms with E-state index in [1.54, 1.807) is 6.92 Å². The van der Waals surface area contributed by atoms with Crippen LogP contribution in [0.3, 0.4) is 0 Å². The van der Waals surface area contributed by atoms with Crippen molar-refractivity contribution in [3.05, 3.63) is 46.0 Å². The lowest BCUT2D eigenvalue weighted by molar-refractivity contribution is -0.115. The van der Waals surface area contributed by atoms with Crippen LogP contribution in [0.4, 0.5) is 5.13 Å². The highest BCUT2D eigenvalue weighted by atomic mass is 32.1. The van der Waals surface area contributed by atoms with Crippen LogP contribution in [0.5, 0.6) is 0 Å². The van der Waals surface area contributed by atoms with Gasteiger partial charge in [0.2, 0.25) is 5.91 Å². The van der Waals surface area contributed by atoms with E-state index >= 15 is 0 Å². The van der Waals surface area contributed by atoms with E-state index in [1.807, 2.05) is 24.3 Å². The van der Waals surface area contributed by atoms with Crippen molar-refractivity contribution < 1.29 is 9.59 Å². The van der Waals surface area contributed by atoms with Gasteiger partial charge in [-0.05, 0) is 24.5 Å². The Balaban J connectivity index is 2.01. The van der Waals surface area contributed by atoms with Crippen LogP contribution in [-0.4, -0.2) is 16.7 Å². The molecule has 1 heterocycles. The fraction of sp³-hybridized carbons (Fsp3) is 0.312. The first kappa shape index (κ1) is 15.4. The van der Waals surface area contributed by atoms with E-state index in [0.29, 0.717) is 22.1 Å². The van der Waals surface area contributed by atoms with E-state index in [4.69, 9.17) is 0 Å². The molecule has 2 rings (SSSR count). The number of carbonyl (C=O) groups is 2. The second-order valence-corrected chi connectivity index (χ2v) is 5.88. The Bertz CT molecular complexity index is 659. The molecule has 0 bridgehead atoms.